The van der Waals surface area contributed by atoms with Crippen LogP contribution >= 0.6 is 0 Å². The minimum Gasteiger partial charge on any atom is -0.449 e. The zero-order valence-corrected chi connectivity index (χ0v) is 18.2. The van der Waals surface area contributed by atoms with E-state index in [2.05, 4.69) is 10.4 Å². The molecule has 0 spiro atoms. The summed E-state index contributed by atoms with van der Waals surface area (Å²) in [6.45, 7) is 5.63. The lowest BCUT2D eigenvalue weighted by Crippen LogP contribution is -2.40. The van der Waals surface area contributed by atoms with Crippen LogP contribution in [-0.4, -0.2) is 38.8 Å². The van der Waals surface area contributed by atoms with E-state index in [-0.39, 0.29) is 18.0 Å². The Bertz CT molecular complexity index is 1080. The molecule has 1 atom stereocenters. The fourth-order valence-corrected chi connectivity index (χ4v) is 3.99. The summed E-state index contributed by atoms with van der Waals surface area (Å²) in [5.74, 6) is -0.811. The highest BCUT2D eigenvalue weighted by Gasteiger charge is 2.26. The van der Waals surface area contributed by atoms with E-state index in [0.29, 0.717) is 22.3 Å². The molecule has 162 valence electrons. The molecule has 0 aliphatic heterocycles. The van der Waals surface area contributed by atoms with Gasteiger partial charge >= 0.3 is 5.97 Å². The fourth-order valence-electron chi connectivity index (χ4n) is 3.99. The van der Waals surface area contributed by atoms with Gasteiger partial charge in [0, 0.05) is 17.6 Å². The predicted molar refractivity (Wildman–Crippen MR) is 119 cm³/mol. The van der Waals surface area contributed by atoms with Gasteiger partial charge in [0.2, 0.25) is 0 Å². The normalized spacial score (nSPS) is 15.4. The molecule has 7 nitrogen and oxygen atoms in total. The second-order valence-electron chi connectivity index (χ2n) is 8.38. The zero-order valence-electron chi connectivity index (χ0n) is 18.2. The van der Waals surface area contributed by atoms with Crippen molar-refractivity contribution < 1.29 is 14.3 Å². The van der Waals surface area contributed by atoms with Crippen molar-refractivity contribution >= 4 is 22.9 Å². The summed E-state index contributed by atoms with van der Waals surface area (Å²) in [5.41, 5.74) is 2.52. The van der Waals surface area contributed by atoms with Gasteiger partial charge in [-0.25, -0.2) is 14.5 Å². The summed E-state index contributed by atoms with van der Waals surface area (Å²) in [4.78, 5) is 30.4. The van der Waals surface area contributed by atoms with Gasteiger partial charge < -0.3 is 10.1 Å². The maximum atomic E-state index is 13.1. The molecule has 1 N–H and O–H groups in total. The molecule has 2 heterocycles. The molecule has 31 heavy (non-hydrogen) atoms. The number of nitrogens with zero attached hydrogens (tertiary/aromatic N) is 3. The molecule has 1 fully saturated rings. The Morgan fingerprint density at radius 1 is 1.13 bits per heavy atom. The first-order chi connectivity index (χ1) is 14.9. The molecule has 1 aliphatic rings. The van der Waals surface area contributed by atoms with Crippen LogP contribution in [0.25, 0.3) is 22.3 Å². The number of hydrogen-bond donors (Lipinski definition) is 1. The third kappa shape index (κ3) is 4.45. The van der Waals surface area contributed by atoms with Gasteiger partial charge in [-0.2, -0.15) is 5.10 Å². The Morgan fingerprint density at radius 2 is 1.84 bits per heavy atom. The first-order valence-electron chi connectivity index (χ1n) is 10.9. The second kappa shape index (κ2) is 8.88. The highest BCUT2D eigenvalue weighted by atomic mass is 16.5. The number of carbonyl (C=O) groups is 2. The number of fused-ring (bicyclic) bond motifs is 1. The van der Waals surface area contributed by atoms with E-state index < -0.39 is 12.1 Å². The van der Waals surface area contributed by atoms with Crippen LogP contribution in [0.1, 0.15) is 62.9 Å². The maximum absolute atomic E-state index is 13.1. The van der Waals surface area contributed by atoms with E-state index in [1.807, 2.05) is 44.2 Å². The molecule has 1 saturated carbocycles. The molecule has 3 aromatic rings. The van der Waals surface area contributed by atoms with Gasteiger partial charge in [0.15, 0.2) is 11.8 Å². The Morgan fingerprint density at radius 3 is 2.52 bits per heavy atom. The molecule has 1 amide bonds. The van der Waals surface area contributed by atoms with Crippen molar-refractivity contribution in [1.82, 2.24) is 20.1 Å². The molecular formula is C24H28N4O3. The number of esters is 1. The van der Waals surface area contributed by atoms with Crippen molar-refractivity contribution in [3.05, 3.63) is 48.2 Å². The van der Waals surface area contributed by atoms with Crippen LogP contribution in [0.5, 0.6) is 0 Å². The fraction of sp³-hybridized carbons (Fsp3) is 0.417. The second-order valence-corrected chi connectivity index (χ2v) is 8.38. The standard InChI is InChI=1S/C24H28N4O3/c1-15(2)28-22-20(14-25-28)19(13-21(27-22)17-9-5-4-6-10-17)24(30)31-16(3)23(29)26-18-11-7-8-12-18/h4-6,9-10,13-16,18H,7-8,11-12H2,1-3H3,(H,26,29)/t16-/m0/s1. The minimum absolute atomic E-state index is 0.0796. The van der Waals surface area contributed by atoms with E-state index >= 15 is 0 Å². The maximum Gasteiger partial charge on any atom is 0.339 e. The average Bonchev–Trinajstić information content (AvgIpc) is 3.43. The van der Waals surface area contributed by atoms with Gasteiger partial charge in [0.25, 0.3) is 5.91 Å². The quantitative estimate of drug-likeness (QED) is 0.602. The van der Waals surface area contributed by atoms with Gasteiger partial charge in [-0.1, -0.05) is 43.2 Å². The summed E-state index contributed by atoms with van der Waals surface area (Å²) in [6, 6.07) is 11.6. The Balaban J connectivity index is 1.65. The number of rotatable bonds is 6. The number of carbonyl (C=O) groups excluding carboxylic acids is 2. The van der Waals surface area contributed by atoms with Crippen LogP contribution in [-0.2, 0) is 9.53 Å². The van der Waals surface area contributed by atoms with E-state index in [1.165, 1.54) is 0 Å². The SMILES string of the molecule is CC(C)n1ncc2c(C(=O)O[C@@H](C)C(=O)NC3CCCC3)cc(-c3ccccc3)nc21. The summed E-state index contributed by atoms with van der Waals surface area (Å²) < 4.78 is 7.35. The van der Waals surface area contributed by atoms with E-state index in [0.717, 1.165) is 31.2 Å². The highest BCUT2D eigenvalue weighted by Crippen LogP contribution is 2.27. The lowest BCUT2D eigenvalue weighted by atomic mass is 10.1. The van der Waals surface area contributed by atoms with E-state index in [9.17, 15) is 9.59 Å². The third-order valence-electron chi connectivity index (χ3n) is 5.70. The molecule has 1 aromatic carbocycles. The Labute approximate surface area is 181 Å². The number of ether oxygens (including phenoxy) is 1. The number of nitrogens with one attached hydrogen (secondary N) is 1. The first-order valence-corrected chi connectivity index (χ1v) is 10.9. The molecule has 0 radical (unpaired) electrons. The predicted octanol–water partition coefficient (Wildman–Crippen LogP) is 4.28. The first kappa shape index (κ1) is 21.0. The van der Waals surface area contributed by atoms with Crippen molar-refractivity contribution in [2.45, 2.75) is 64.6 Å². The molecule has 2 aromatic heterocycles. The lowest BCUT2D eigenvalue weighted by Gasteiger charge is -2.17. The summed E-state index contributed by atoms with van der Waals surface area (Å²) in [6.07, 6.45) is 4.96. The van der Waals surface area contributed by atoms with Crippen LogP contribution in [0.3, 0.4) is 0 Å². The van der Waals surface area contributed by atoms with Gasteiger partial charge in [-0.15, -0.1) is 0 Å². The van der Waals surface area contributed by atoms with E-state index in [1.54, 1.807) is 23.9 Å². The van der Waals surface area contributed by atoms with Crippen LogP contribution in [0, 0.1) is 0 Å². The van der Waals surface area contributed by atoms with Crippen molar-refractivity contribution in [1.29, 1.82) is 0 Å². The van der Waals surface area contributed by atoms with Crippen molar-refractivity contribution in [2.75, 3.05) is 0 Å². The summed E-state index contributed by atoms with van der Waals surface area (Å²) in [5, 5.41) is 8.02. The van der Waals surface area contributed by atoms with E-state index in [4.69, 9.17) is 9.72 Å². The minimum atomic E-state index is -0.878. The topological polar surface area (TPSA) is 86.1 Å². The molecule has 0 saturated heterocycles. The van der Waals surface area contributed by atoms with Crippen LogP contribution < -0.4 is 5.32 Å². The number of amides is 1. The molecule has 7 heteroatoms. The number of aromatic nitrogens is 3. The molecule has 4 rings (SSSR count). The van der Waals surface area contributed by atoms with Gasteiger partial charge in [0.05, 0.1) is 22.8 Å². The van der Waals surface area contributed by atoms with Gasteiger partial charge in [0.1, 0.15) is 0 Å². The molecule has 1 aliphatic carbocycles. The Kier molecular flexibility index (Phi) is 6.02. The highest BCUT2D eigenvalue weighted by molar-refractivity contribution is 6.04. The van der Waals surface area contributed by atoms with Crippen LogP contribution in [0.2, 0.25) is 0 Å². The summed E-state index contributed by atoms with van der Waals surface area (Å²) in [7, 11) is 0. The van der Waals surface area contributed by atoms with Crippen molar-refractivity contribution in [2.24, 2.45) is 0 Å². The molecule has 0 bridgehead atoms. The molecular weight excluding hydrogens is 392 g/mol. The smallest absolute Gasteiger partial charge is 0.339 e. The summed E-state index contributed by atoms with van der Waals surface area (Å²) >= 11 is 0. The largest absolute Gasteiger partial charge is 0.449 e. The van der Waals surface area contributed by atoms with Crippen LogP contribution in [0.15, 0.2) is 42.6 Å². The monoisotopic (exact) mass is 420 g/mol. The number of hydrogen-bond acceptors (Lipinski definition) is 5. The van der Waals surface area contributed by atoms with Crippen molar-refractivity contribution in [3.63, 3.8) is 0 Å². The van der Waals surface area contributed by atoms with Crippen LogP contribution in [0.4, 0.5) is 0 Å². The third-order valence-corrected chi connectivity index (χ3v) is 5.70. The van der Waals surface area contributed by atoms with Gasteiger partial charge in [-0.3, -0.25) is 4.79 Å². The van der Waals surface area contributed by atoms with Gasteiger partial charge in [-0.05, 0) is 39.7 Å². The number of benzene rings is 1. The average molecular weight is 421 g/mol. The van der Waals surface area contributed by atoms with Crippen molar-refractivity contribution in [3.8, 4) is 11.3 Å². The Hall–Kier alpha value is -3.22. The lowest BCUT2D eigenvalue weighted by molar-refractivity contribution is -0.129. The molecule has 0 unspecified atom stereocenters. The number of pyridine rings is 1. The zero-order chi connectivity index (χ0) is 22.0.